The molecule has 33 heavy (non-hydrogen) atoms. The van der Waals surface area contributed by atoms with Crippen molar-refractivity contribution < 1.29 is 24.5 Å². The lowest BCUT2D eigenvalue weighted by molar-refractivity contribution is -0.0432. The number of aromatic nitrogens is 5. The Labute approximate surface area is 195 Å². The van der Waals surface area contributed by atoms with Gasteiger partial charge in [0.15, 0.2) is 11.2 Å². The SMILES string of the molecule is CC(CSSc1ccccn1)OC(=O)Nc1nc2c(ncn2C2CC(O)C(CO)O2)c(=O)[nH]1. The quantitative estimate of drug-likeness (QED) is 0.336. The Kier molecular flexibility index (Phi) is 7.49. The summed E-state index contributed by atoms with van der Waals surface area (Å²) in [6, 6.07) is 5.62. The van der Waals surface area contributed by atoms with Gasteiger partial charge in [-0.2, -0.15) is 4.98 Å². The monoisotopic (exact) mass is 494 g/mol. The van der Waals surface area contributed by atoms with Crippen molar-refractivity contribution in [3.63, 3.8) is 0 Å². The van der Waals surface area contributed by atoms with Gasteiger partial charge in [0, 0.05) is 18.4 Å². The zero-order valence-electron chi connectivity index (χ0n) is 17.5. The van der Waals surface area contributed by atoms with E-state index < -0.39 is 36.2 Å². The molecule has 0 bridgehead atoms. The number of H-pyrrole nitrogens is 1. The van der Waals surface area contributed by atoms with Gasteiger partial charge in [0.25, 0.3) is 5.56 Å². The first-order valence-electron chi connectivity index (χ1n) is 10.0. The molecule has 1 aliphatic rings. The van der Waals surface area contributed by atoms with Crippen molar-refractivity contribution in [1.82, 2.24) is 24.5 Å². The predicted octanol–water partition coefficient (Wildman–Crippen LogP) is 1.53. The summed E-state index contributed by atoms with van der Waals surface area (Å²) >= 11 is 0. The number of carbonyl (C=O) groups is 1. The average molecular weight is 495 g/mol. The molecular formula is C19H22N6O6S2. The number of fused-ring (bicyclic) bond motifs is 1. The fourth-order valence-electron chi connectivity index (χ4n) is 3.18. The number of aliphatic hydroxyl groups excluding tert-OH is 2. The fraction of sp³-hybridized carbons (Fsp3) is 0.421. The topological polar surface area (TPSA) is 164 Å². The molecule has 176 valence electrons. The van der Waals surface area contributed by atoms with Crippen LogP contribution >= 0.6 is 21.6 Å². The third-order valence-electron chi connectivity index (χ3n) is 4.74. The molecule has 1 saturated heterocycles. The molecule has 4 heterocycles. The number of rotatable bonds is 8. The molecular weight excluding hydrogens is 472 g/mol. The summed E-state index contributed by atoms with van der Waals surface area (Å²) in [5, 5.41) is 22.5. The van der Waals surface area contributed by atoms with Crippen molar-refractivity contribution in [3.05, 3.63) is 41.1 Å². The largest absolute Gasteiger partial charge is 0.445 e. The molecule has 1 aliphatic heterocycles. The molecule has 0 aromatic carbocycles. The highest BCUT2D eigenvalue weighted by atomic mass is 33.1. The first kappa shape index (κ1) is 23.5. The van der Waals surface area contributed by atoms with Crippen LogP contribution in [-0.2, 0) is 9.47 Å². The molecule has 3 aromatic heterocycles. The molecule has 1 amide bonds. The van der Waals surface area contributed by atoms with E-state index in [0.29, 0.717) is 5.75 Å². The predicted molar refractivity (Wildman–Crippen MR) is 122 cm³/mol. The Morgan fingerprint density at radius 3 is 3.03 bits per heavy atom. The van der Waals surface area contributed by atoms with Crippen LogP contribution in [0.1, 0.15) is 19.6 Å². The fourth-order valence-corrected chi connectivity index (χ4v) is 5.30. The Hall–Kier alpha value is -2.65. The van der Waals surface area contributed by atoms with E-state index in [4.69, 9.17) is 9.47 Å². The lowest BCUT2D eigenvalue weighted by Gasteiger charge is -2.14. The van der Waals surface area contributed by atoms with E-state index in [2.05, 4.69) is 25.3 Å². The third kappa shape index (κ3) is 5.65. The van der Waals surface area contributed by atoms with Gasteiger partial charge in [-0.05, 0) is 29.9 Å². The van der Waals surface area contributed by atoms with Crippen molar-refractivity contribution in [2.45, 2.75) is 42.9 Å². The minimum absolute atomic E-state index is 0.0516. The highest BCUT2D eigenvalue weighted by Gasteiger charge is 2.35. The summed E-state index contributed by atoms with van der Waals surface area (Å²) < 4.78 is 12.4. The van der Waals surface area contributed by atoms with Crippen LogP contribution in [0.2, 0.25) is 0 Å². The van der Waals surface area contributed by atoms with Crippen LogP contribution in [0, 0.1) is 0 Å². The molecule has 4 rings (SSSR count). The molecule has 4 N–H and O–H groups in total. The highest BCUT2D eigenvalue weighted by molar-refractivity contribution is 8.76. The van der Waals surface area contributed by atoms with Gasteiger partial charge in [0.2, 0.25) is 5.95 Å². The van der Waals surface area contributed by atoms with Gasteiger partial charge in [0.1, 0.15) is 23.5 Å². The van der Waals surface area contributed by atoms with E-state index in [1.807, 2.05) is 18.2 Å². The van der Waals surface area contributed by atoms with Gasteiger partial charge in [-0.25, -0.2) is 14.8 Å². The van der Waals surface area contributed by atoms with Gasteiger partial charge in [-0.3, -0.25) is 19.7 Å². The summed E-state index contributed by atoms with van der Waals surface area (Å²) in [5.74, 6) is 0.414. The second-order valence-electron chi connectivity index (χ2n) is 7.23. The van der Waals surface area contributed by atoms with E-state index in [-0.39, 0.29) is 30.1 Å². The van der Waals surface area contributed by atoms with Gasteiger partial charge in [0.05, 0.1) is 19.0 Å². The minimum Gasteiger partial charge on any atom is -0.445 e. The van der Waals surface area contributed by atoms with Gasteiger partial charge >= 0.3 is 6.09 Å². The molecule has 3 aromatic rings. The second-order valence-corrected chi connectivity index (χ2v) is 9.59. The number of imidazole rings is 1. The van der Waals surface area contributed by atoms with Gasteiger partial charge in [-0.1, -0.05) is 16.9 Å². The van der Waals surface area contributed by atoms with Gasteiger partial charge < -0.3 is 19.7 Å². The smallest absolute Gasteiger partial charge is 0.414 e. The Morgan fingerprint density at radius 1 is 1.45 bits per heavy atom. The molecule has 0 spiro atoms. The second kappa shape index (κ2) is 10.5. The lowest BCUT2D eigenvalue weighted by atomic mass is 10.2. The van der Waals surface area contributed by atoms with Crippen molar-refractivity contribution in [1.29, 1.82) is 0 Å². The number of carbonyl (C=O) groups excluding carboxylic acids is 1. The number of anilines is 1. The van der Waals surface area contributed by atoms with Crippen LogP contribution in [0.15, 0.2) is 40.5 Å². The van der Waals surface area contributed by atoms with Crippen molar-refractivity contribution in [2.24, 2.45) is 0 Å². The number of nitrogens with zero attached hydrogens (tertiary/aromatic N) is 4. The van der Waals surface area contributed by atoms with Crippen LogP contribution in [0.3, 0.4) is 0 Å². The Balaban J connectivity index is 1.38. The zero-order valence-corrected chi connectivity index (χ0v) is 19.1. The number of aliphatic hydroxyl groups is 2. The molecule has 4 unspecified atom stereocenters. The van der Waals surface area contributed by atoms with E-state index in [9.17, 15) is 19.8 Å². The molecule has 14 heteroatoms. The first-order valence-corrected chi connectivity index (χ1v) is 12.4. The van der Waals surface area contributed by atoms with Crippen LogP contribution in [-0.4, -0.2) is 71.5 Å². The van der Waals surface area contributed by atoms with E-state index >= 15 is 0 Å². The number of pyridine rings is 1. The minimum atomic E-state index is -0.859. The molecule has 12 nitrogen and oxygen atoms in total. The maximum absolute atomic E-state index is 12.4. The summed E-state index contributed by atoms with van der Waals surface area (Å²) in [4.78, 5) is 39.6. The molecule has 0 aliphatic carbocycles. The van der Waals surface area contributed by atoms with Crippen LogP contribution in [0.5, 0.6) is 0 Å². The molecule has 0 radical (unpaired) electrons. The molecule has 1 fully saturated rings. The normalized spacial score (nSPS) is 21.2. The summed E-state index contributed by atoms with van der Waals surface area (Å²) in [6.07, 6.45) is -0.168. The van der Waals surface area contributed by atoms with Gasteiger partial charge in [-0.15, -0.1) is 0 Å². The van der Waals surface area contributed by atoms with E-state index in [1.54, 1.807) is 13.1 Å². The van der Waals surface area contributed by atoms with Crippen LogP contribution < -0.4 is 10.9 Å². The van der Waals surface area contributed by atoms with Crippen molar-refractivity contribution >= 4 is 44.8 Å². The summed E-state index contributed by atoms with van der Waals surface area (Å²) in [7, 11) is 2.98. The van der Waals surface area contributed by atoms with E-state index in [0.717, 1.165) is 5.03 Å². The van der Waals surface area contributed by atoms with Crippen LogP contribution in [0.25, 0.3) is 11.2 Å². The number of ether oxygens (including phenoxy) is 2. The summed E-state index contributed by atoms with van der Waals surface area (Å²) in [6.45, 7) is 1.41. The lowest BCUT2D eigenvalue weighted by Crippen LogP contribution is -2.24. The maximum Gasteiger partial charge on any atom is 0.414 e. The standard InChI is InChI=1S/C19H22N6O6S2/c1-10(8-32-33-13-4-2-3-5-20-13)30-19(29)24-18-22-16-15(17(28)23-18)21-9-25(16)14-6-11(27)12(7-26)31-14/h2-5,9-12,14,26-27H,6-8H2,1H3,(H2,22,23,24,28,29). The van der Waals surface area contributed by atoms with Crippen molar-refractivity contribution in [2.75, 3.05) is 17.7 Å². The summed E-state index contributed by atoms with van der Waals surface area (Å²) in [5.41, 5.74) is -0.336. The molecule has 4 atom stereocenters. The maximum atomic E-state index is 12.4. The average Bonchev–Trinajstić information content (AvgIpc) is 3.37. The highest BCUT2D eigenvalue weighted by Crippen LogP contribution is 2.31. The third-order valence-corrected chi connectivity index (χ3v) is 7.15. The molecule has 0 saturated carbocycles. The number of hydrogen-bond acceptors (Lipinski definition) is 11. The number of aromatic amines is 1. The Morgan fingerprint density at radius 2 is 2.30 bits per heavy atom. The van der Waals surface area contributed by atoms with Crippen molar-refractivity contribution in [3.8, 4) is 0 Å². The van der Waals surface area contributed by atoms with E-state index in [1.165, 1.54) is 32.5 Å². The number of amides is 1. The number of nitrogens with one attached hydrogen (secondary N) is 2. The first-order chi connectivity index (χ1) is 15.9. The zero-order chi connectivity index (χ0) is 23.4. The Bertz CT molecular complexity index is 1160. The van der Waals surface area contributed by atoms with Crippen LogP contribution in [0.4, 0.5) is 10.7 Å². The number of hydrogen-bond donors (Lipinski definition) is 4.